The van der Waals surface area contributed by atoms with Crippen molar-refractivity contribution in [1.82, 2.24) is 0 Å². The van der Waals surface area contributed by atoms with Crippen LogP contribution in [-0.2, 0) is 31.9 Å². The van der Waals surface area contributed by atoms with Gasteiger partial charge in [-0.2, -0.15) is 0 Å². The lowest BCUT2D eigenvalue weighted by atomic mass is 9.84. The first-order valence-corrected chi connectivity index (χ1v) is 13.9. The van der Waals surface area contributed by atoms with Crippen molar-refractivity contribution in [3.05, 3.63) is 81.3 Å². The lowest BCUT2D eigenvalue weighted by molar-refractivity contribution is -0.176. The van der Waals surface area contributed by atoms with Gasteiger partial charge in [-0.25, -0.2) is 0 Å². The van der Waals surface area contributed by atoms with E-state index in [1.54, 1.807) is 41.9 Å². The number of halogens is 1. The maximum absolute atomic E-state index is 13.6. The van der Waals surface area contributed by atoms with Gasteiger partial charge >= 0.3 is 11.9 Å². The molecule has 0 radical (unpaired) electrons. The van der Waals surface area contributed by atoms with Crippen molar-refractivity contribution in [2.75, 3.05) is 14.2 Å². The molecule has 0 saturated carbocycles. The Labute approximate surface area is 244 Å². The minimum absolute atomic E-state index is 0.120. The van der Waals surface area contributed by atoms with E-state index in [0.717, 1.165) is 49.4 Å². The topological polar surface area (TPSA) is 71.1 Å². The van der Waals surface area contributed by atoms with Crippen molar-refractivity contribution in [1.29, 1.82) is 0 Å². The van der Waals surface area contributed by atoms with Gasteiger partial charge in [-0.15, -0.1) is 0 Å². The molecule has 0 fully saturated rings. The monoisotopic (exact) mass is 604 g/mol. The maximum Gasteiger partial charge on any atom is 0.324 e. The summed E-state index contributed by atoms with van der Waals surface area (Å²) in [6.45, 7) is 7.08. The summed E-state index contributed by atoms with van der Waals surface area (Å²) in [4.78, 5) is 27.1. The average Bonchev–Trinajstić information content (AvgIpc) is 3.35. The molecular weight excluding hydrogens is 572 g/mol. The van der Waals surface area contributed by atoms with Gasteiger partial charge in [0.1, 0.15) is 11.5 Å². The number of ether oxygens (including phenoxy) is 4. The van der Waals surface area contributed by atoms with Crippen LogP contribution in [0.3, 0.4) is 0 Å². The molecule has 40 heavy (non-hydrogen) atoms. The molecule has 0 aliphatic heterocycles. The normalized spacial score (nSPS) is 13.3. The van der Waals surface area contributed by atoms with E-state index in [4.69, 9.17) is 18.9 Å². The van der Waals surface area contributed by atoms with E-state index in [0.29, 0.717) is 0 Å². The molecule has 0 heterocycles. The van der Waals surface area contributed by atoms with Gasteiger partial charge in [0.05, 0.1) is 26.4 Å². The van der Waals surface area contributed by atoms with Crippen LogP contribution >= 0.6 is 15.9 Å². The minimum atomic E-state index is -1.51. The molecule has 0 atom stereocenters. The van der Waals surface area contributed by atoms with Crippen molar-refractivity contribution in [2.24, 2.45) is 5.41 Å². The Balaban J connectivity index is 1.91. The molecule has 0 N–H and O–H groups in total. The number of carbonyl (C=O) groups excluding carboxylic acids is 2. The highest BCUT2D eigenvalue weighted by molar-refractivity contribution is 9.10. The molecule has 0 saturated heterocycles. The molecule has 4 rings (SSSR count). The largest absolute Gasteiger partial charge is 0.497 e. The molecule has 3 aromatic carbocycles. The molecule has 0 spiro atoms. The number of hydrogen-bond acceptors (Lipinski definition) is 6. The Morgan fingerprint density at radius 1 is 0.775 bits per heavy atom. The summed E-state index contributed by atoms with van der Waals surface area (Å²) in [5, 5.41) is 0. The number of methoxy groups -OCH3 is 2. The van der Waals surface area contributed by atoms with Crippen LogP contribution < -0.4 is 9.47 Å². The van der Waals surface area contributed by atoms with Crippen molar-refractivity contribution >= 4 is 27.9 Å². The molecule has 6 nitrogen and oxygen atoms in total. The van der Waals surface area contributed by atoms with E-state index in [1.807, 2.05) is 54.6 Å². The molecule has 1 aliphatic carbocycles. The Kier molecular flexibility index (Phi) is 8.90. The summed E-state index contributed by atoms with van der Waals surface area (Å²) in [6, 6.07) is 17.2. The van der Waals surface area contributed by atoms with Crippen molar-refractivity contribution < 1.29 is 28.5 Å². The number of benzene rings is 3. The van der Waals surface area contributed by atoms with Gasteiger partial charge in [-0.3, -0.25) is 9.59 Å². The van der Waals surface area contributed by atoms with Gasteiger partial charge in [0.25, 0.3) is 0 Å². The summed E-state index contributed by atoms with van der Waals surface area (Å²) in [7, 11) is 3.24. The summed E-state index contributed by atoms with van der Waals surface area (Å²) >= 11 is 3.73. The van der Waals surface area contributed by atoms with Crippen molar-refractivity contribution in [3.8, 4) is 34.5 Å². The SMILES string of the molecule is COc1ccc(C#Cc2c(-c3ccc(OC)cc3)cc(Br)c3c2CC(C(=O)OC(C)C)(C(=O)OC(C)C)C3)cc1. The van der Waals surface area contributed by atoms with Crippen LogP contribution in [-0.4, -0.2) is 38.4 Å². The zero-order valence-electron chi connectivity index (χ0n) is 23.6. The Bertz CT molecular complexity index is 1440. The molecule has 1 aliphatic rings. The highest BCUT2D eigenvalue weighted by atomic mass is 79.9. The predicted octanol–water partition coefficient (Wildman–Crippen LogP) is 6.52. The molecule has 0 bridgehead atoms. The van der Waals surface area contributed by atoms with Crippen molar-refractivity contribution in [3.63, 3.8) is 0 Å². The predicted molar refractivity (Wildman–Crippen MR) is 157 cm³/mol. The molecule has 208 valence electrons. The number of rotatable bonds is 7. The van der Waals surface area contributed by atoms with Gasteiger partial charge in [0, 0.05) is 28.4 Å². The van der Waals surface area contributed by atoms with E-state index in [-0.39, 0.29) is 25.0 Å². The molecular formula is C33H33BrO6. The van der Waals surface area contributed by atoms with Crippen LogP contribution in [0.2, 0.25) is 0 Å². The highest BCUT2D eigenvalue weighted by Crippen LogP contribution is 2.47. The quantitative estimate of drug-likeness (QED) is 0.174. The van der Waals surface area contributed by atoms with E-state index in [1.165, 1.54) is 0 Å². The maximum atomic E-state index is 13.6. The Morgan fingerprint density at radius 3 is 1.77 bits per heavy atom. The molecule has 0 unspecified atom stereocenters. The fraction of sp³-hybridized carbons (Fsp3) is 0.333. The zero-order valence-corrected chi connectivity index (χ0v) is 25.2. The molecule has 0 amide bonds. The molecule has 0 aromatic heterocycles. The second-order valence-electron chi connectivity index (χ2n) is 10.3. The standard InChI is InChI=1S/C33H33BrO6/c1-20(2)39-31(35)33(32(36)40-21(3)4)18-28-26(16-9-22-7-12-24(37-5)13-8-22)27(17-30(34)29(28)19-33)23-10-14-25(38-6)15-11-23/h7-8,10-15,17,20-21H,18-19H2,1-6H3. The number of hydrogen-bond donors (Lipinski definition) is 0. The van der Waals surface area contributed by atoms with Gasteiger partial charge in [-0.1, -0.05) is 39.9 Å². The van der Waals surface area contributed by atoms with Crippen LogP contribution in [0.1, 0.15) is 49.9 Å². The van der Waals surface area contributed by atoms with Gasteiger partial charge < -0.3 is 18.9 Å². The van der Waals surface area contributed by atoms with E-state index >= 15 is 0 Å². The fourth-order valence-corrected chi connectivity index (χ4v) is 5.38. The highest BCUT2D eigenvalue weighted by Gasteiger charge is 2.54. The summed E-state index contributed by atoms with van der Waals surface area (Å²) in [6.07, 6.45) is -0.491. The summed E-state index contributed by atoms with van der Waals surface area (Å²) in [5.41, 5.74) is 3.51. The summed E-state index contributed by atoms with van der Waals surface area (Å²) in [5.74, 6) is 6.94. The van der Waals surface area contributed by atoms with Crippen LogP contribution in [0.15, 0.2) is 59.1 Å². The second kappa shape index (κ2) is 12.2. The first-order valence-electron chi connectivity index (χ1n) is 13.1. The average molecular weight is 606 g/mol. The third kappa shape index (κ3) is 6.03. The first kappa shape index (κ1) is 29.2. The smallest absolute Gasteiger partial charge is 0.324 e. The number of carbonyl (C=O) groups is 2. The van der Waals surface area contributed by atoms with Crippen molar-refractivity contribution in [2.45, 2.75) is 52.7 Å². The van der Waals surface area contributed by atoms with Gasteiger partial charge in [-0.05, 0) is 92.4 Å². The first-order chi connectivity index (χ1) is 19.1. The lowest BCUT2D eigenvalue weighted by Crippen LogP contribution is -2.44. The Hall–Kier alpha value is -3.76. The van der Waals surface area contributed by atoms with Crippen LogP contribution in [0.5, 0.6) is 11.5 Å². The van der Waals surface area contributed by atoms with E-state index < -0.39 is 17.4 Å². The van der Waals surface area contributed by atoms with Crippen LogP contribution in [0.4, 0.5) is 0 Å². The van der Waals surface area contributed by atoms with Gasteiger partial charge in [0.2, 0.25) is 0 Å². The molecule has 3 aromatic rings. The van der Waals surface area contributed by atoms with E-state index in [9.17, 15) is 9.59 Å². The zero-order chi connectivity index (χ0) is 29.0. The van der Waals surface area contributed by atoms with Crippen LogP contribution in [0, 0.1) is 17.3 Å². The fourth-order valence-electron chi connectivity index (χ4n) is 4.77. The van der Waals surface area contributed by atoms with Gasteiger partial charge in [0.15, 0.2) is 5.41 Å². The van der Waals surface area contributed by atoms with E-state index in [2.05, 4.69) is 27.8 Å². The number of fused-ring (bicyclic) bond motifs is 1. The third-order valence-electron chi connectivity index (χ3n) is 6.74. The lowest BCUT2D eigenvalue weighted by Gasteiger charge is -2.26. The second-order valence-corrected chi connectivity index (χ2v) is 11.1. The summed E-state index contributed by atoms with van der Waals surface area (Å²) < 4.78 is 22.7. The van der Waals surface area contributed by atoms with Crippen LogP contribution in [0.25, 0.3) is 11.1 Å². The third-order valence-corrected chi connectivity index (χ3v) is 7.45. The minimum Gasteiger partial charge on any atom is -0.497 e. The number of esters is 2. The molecule has 7 heteroatoms. The Morgan fingerprint density at radius 2 is 1.27 bits per heavy atom.